The van der Waals surface area contributed by atoms with E-state index in [1.54, 1.807) is 0 Å². The first-order valence-corrected chi connectivity index (χ1v) is 7.25. The highest BCUT2D eigenvalue weighted by Gasteiger charge is 2.67. The van der Waals surface area contributed by atoms with Crippen molar-refractivity contribution >= 4 is 0 Å². The number of fused-ring (bicyclic) bond motifs is 3. The number of hydrogen-bond acceptors (Lipinski definition) is 2. The first-order valence-electron chi connectivity index (χ1n) is 7.25. The summed E-state index contributed by atoms with van der Waals surface area (Å²) in [5, 5.41) is 20.3. The molecule has 0 radical (unpaired) electrons. The Hall–Kier alpha value is -0.0800. The molecule has 0 spiro atoms. The number of hydrogen-bond donors (Lipinski definition) is 2. The largest absolute Gasteiger partial charge is 0.393 e. The Morgan fingerprint density at radius 2 is 1.82 bits per heavy atom. The average molecular weight is 238 g/mol. The second kappa shape index (κ2) is 3.48. The average Bonchev–Trinajstić information content (AvgIpc) is 2.65. The Bertz CT molecular complexity index is 325. The maximum absolute atomic E-state index is 10.7. The highest BCUT2D eigenvalue weighted by Crippen LogP contribution is 2.71. The second-order valence-electron chi connectivity index (χ2n) is 7.49. The predicted molar refractivity (Wildman–Crippen MR) is 67.4 cm³/mol. The molecule has 0 aromatic heterocycles. The van der Waals surface area contributed by atoms with Crippen LogP contribution in [0.5, 0.6) is 0 Å². The molecule has 3 aliphatic carbocycles. The molecule has 0 heterocycles. The van der Waals surface area contributed by atoms with E-state index in [1.165, 1.54) is 6.42 Å². The predicted octanol–water partition coefficient (Wildman–Crippen LogP) is 2.44. The summed E-state index contributed by atoms with van der Waals surface area (Å²) in [6.45, 7) is 7.10. The SMILES string of the molecule is C[C@@H]1CC[C@H]2[C@H]1[C@H]1[C@@H](CC[C@@]2(O)CO)C1(C)C. The van der Waals surface area contributed by atoms with Gasteiger partial charge in [-0.1, -0.05) is 27.2 Å². The van der Waals surface area contributed by atoms with E-state index in [2.05, 4.69) is 20.8 Å². The van der Waals surface area contributed by atoms with Crippen molar-refractivity contribution in [3.05, 3.63) is 0 Å². The van der Waals surface area contributed by atoms with E-state index in [4.69, 9.17) is 0 Å². The normalized spacial score (nSPS) is 55.9. The lowest BCUT2D eigenvalue weighted by molar-refractivity contribution is -0.0830. The zero-order valence-electron chi connectivity index (χ0n) is 11.3. The summed E-state index contributed by atoms with van der Waals surface area (Å²) >= 11 is 0. The van der Waals surface area contributed by atoms with Crippen molar-refractivity contribution in [2.45, 2.75) is 52.1 Å². The van der Waals surface area contributed by atoms with Crippen LogP contribution in [-0.2, 0) is 0 Å². The molecular formula is C15H26O2. The smallest absolute Gasteiger partial charge is 0.0908 e. The molecule has 3 aliphatic rings. The van der Waals surface area contributed by atoms with Gasteiger partial charge >= 0.3 is 0 Å². The lowest BCUT2D eigenvalue weighted by Gasteiger charge is -2.37. The van der Waals surface area contributed by atoms with E-state index in [0.29, 0.717) is 17.3 Å². The molecule has 0 bridgehead atoms. The monoisotopic (exact) mass is 238 g/mol. The Morgan fingerprint density at radius 1 is 1.12 bits per heavy atom. The molecule has 0 amide bonds. The summed E-state index contributed by atoms with van der Waals surface area (Å²) < 4.78 is 0. The molecule has 0 aliphatic heterocycles. The van der Waals surface area contributed by atoms with Gasteiger partial charge < -0.3 is 10.2 Å². The van der Waals surface area contributed by atoms with Gasteiger partial charge in [-0.15, -0.1) is 0 Å². The van der Waals surface area contributed by atoms with Crippen molar-refractivity contribution in [3.63, 3.8) is 0 Å². The van der Waals surface area contributed by atoms with Crippen LogP contribution in [0, 0.1) is 35.0 Å². The van der Waals surface area contributed by atoms with Gasteiger partial charge in [0, 0.05) is 0 Å². The van der Waals surface area contributed by atoms with Crippen LogP contribution in [0.25, 0.3) is 0 Å². The summed E-state index contributed by atoms with van der Waals surface area (Å²) in [6, 6.07) is 0. The fourth-order valence-corrected chi connectivity index (χ4v) is 5.34. The quantitative estimate of drug-likeness (QED) is 0.736. The van der Waals surface area contributed by atoms with Crippen LogP contribution in [0.3, 0.4) is 0 Å². The van der Waals surface area contributed by atoms with E-state index in [-0.39, 0.29) is 6.61 Å². The van der Waals surface area contributed by atoms with Gasteiger partial charge in [-0.2, -0.15) is 0 Å². The van der Waals surface area contributed by atoms with Crippen molar-refractivity contribution in [3.8, 4) is 0 Å². The minimum absolute atomic E-state index is 0.0409. The molecule has 17 heavy (non-hydrogen) atoms. The van der Waals surface area contributed by atoms with Crippen LogP contribution in [0.4, 0.5) is 0 Å². The minimum atomic E-state index is -0.779. The Balaban J connectivity index is 1.94. The zero-order chi connectivity index (χ0) is 12.4. The maximum atomic E-state index is 10.7. The Labute approximate surface area is 104 Å². The highest BCUT2D eigenvalue weighted by molar-refractivity contribution is 5.15. The van der Waals surface area contributed by atoms with Crippen molar-refractivity contribution < 1.29 is 10.2 Å². The van der Waals surface area contributed by atoms with E-state index < -0.39 is 5.60 Å². The molecule has 2 nitrogen and oxygen atoms in total. The molecule has 6 atom stereocenters. The lowest BCUT2D eigenvalue weighted by Crippen LogP contribution is -2.44. The van der Waals surface area contributed by atoms with E-state index in [9.17, 15) is 10.2 Å². The molecule has 2 N–H and O–H groups in total. The molecular weight excluding hydrogens is 212 g/mol. The van der Waals surface area contributed by atoms with Crippen molar-refractivity contribution in [1.82, 2.24) is 0 Å². The summed E-state index contributed by atoms with van der Waals surface area (Å²) in [5.41, 5.74) is -0.294. The van der Waals surface area contributed by atoms with Gasteiger partial charge in [0.1, 0.15) is 0 Å². The van der Waals surface area contributed by atoms with Gasteiger partial charge in [-0.25, -0.2) is 0 Å². The van der Waals surface area contributed by atoms with Crippen molar-refractivity contribution in [1.29, 1.82) is 0 Å². The van der Waals surface area contributed by atoms with Crippen LogP contribution in [-0.4, -0.2) is 22.4 Å². The molecule has 3 saturated carbocycles. The molecule has 0 aromatic carbocycles. The highest BCUT2D eigenvalue weighted by atomic mass is 16.3. The molecule has 3 rings (SSSR count). The standard InChI is InChI=1S/C15H26O2/c1-9-4-5-10-12(9)13-11(14(13,2)3)6-7-15(10,17)8-16/h9-13,16-17H,4-8H2,1-3H3/t9-,10+,11-,12+,13-,15-/m1/s1. The molecule has 0 saturated heterocycles. The minimum Gasteiger partial charge on any atom is -0.393 e. The first-order chi connectivity index (χ1) is 7.92. The molecule has 98 valence electrons. The topological polar surface area (TPSA) is 40.5 Å². The van der Waals surface area contributed by atoms with Gasteiger partial charge in [-0.3, -0.25) is 0 Å². The van der Waals surface area contributed by atoms with E-state index in [1.807, 2.05) is 0 Å². The summed E-state index contributed by atoms with van der Waals surface area (Å²) in [4.78, 5) is 0. The molecule has 0 aromatic rings. The number of aliphatic hydroxyl groups excluding tert-OH is 1. The van der Waals surface area contributed by atoms with E-state index >= 15 is 0 Å². The maximum Gasteiger partial charge on any atom is 0.0908 e. The summed E-state index contributed by atoms with van der Waals surface area (Å²) in [6.07, 6.45) is 4.26. The summed E-state index contributed by atoms with van der Waals surface area (Å²) in [7, 11) is 0. The van der Waals surface area contributed by atoms with Crippen LogP contribution >= 0.6 is 0 Å². The van der Waals surface area contributed by atoms with Gasteiger partial charge in [0.15, 0.2) is 0 Å². The van der Waals surface area contributed by atoms with Gasteiger partial charge in [0.2, 0.25) is 0 Å². The van der Waals surface area contributed by atoms with Crippen molar-refractivity contribution in [2.24, 2.45) is 35.0 Å². The van der Waals surface area contributed by atoms with Gasteiger partial charge in [0.05, 0.1) is 12.2 Å². The lowest BCUT2D eigenvalue weighted by atomic mass is 9.74. The third-order valence-electron chi connectivity index (χ3n) is 6.46. The third-order valence-corrected chi connectivity index (χ3v) is 6.46. The van der Waals surface area contributed by atoms with Crippen LogP contribution in [0.15, 0.2) is 0 Å². The number of rotatable bonds is 1. The molecule has 3 fully saturated rings. The molecule has 2 heteroatoms. The third kappa shape index (κ3) is 1.46. The second-order valence-corrected chi connectivity index (χ2v) is 7.49. The number of aliphatic hydroxyl groups is 2. The van der Waals surface area contributed by atoms with Gasteiger partial charge in [-0.05, 0) is 54.3 Å². The zero-order valence-corrected chi connectivity index (χ0v) is 11.3. The fourth-order valence-electron chi connectivity index (χ4n) is 5.34. The fraction of sp³-hybridized carbons (Fsp3) is 1.00. The van der Waals surface area contributed by atoms with Crippen LogP contribution in [0.2, 0.25) is 0 Å². The summed E-state index contributed by atoms with van der Waals surface area (Å²) in [5.74, 6) is 3.31. The Kier molecular flexibility index (Phi) is 2.45. The van der Waals surface area contributed by atoms with E-state index in [0.717, 1.165) is 37.0 Å². The Morgan fingerprint density at radius 3 is 2.47 bits per heavy atom. The van der Waals surface area contributed by atoms with Crippen molar-refractivity contribution in [2.75, 3.05) is 6.61 Å². The van der Waals surface area contributed by atoms with Crippen LogP contribution < -0.4 is 0 Å². The first kappa shape index (κ1) is 12.0. The molecule has 0 unspecified atom stereocenters. The van der Waals surface area contributed by atoms with Gasteiger partial charge in [0.25, 0.3) is 0 Å². The van der Waals surface area contributed by atoms with Crippen LogP contribution in [0.1, 0.15) is 46.5 Å².